The van der Waals surface area contributed by atoms with E-state index in [0.717, 1.165) is 4.90 Å². The number of para-hydroxylation sites is 1. The van der Waals surface area contributed by atoms with Crippen molar-refractivity contribution in [2.45, 2.75) is 12.1 Å². The molecule has 0 saturated carbocycles. The second-order valence-electron chi connectivity index (χ2n) is 7.75. The van der Waals surface area contributed by atoms with Crippen LogP contribution in [0.5, 0.6) is 11.5 Å². The highest BCUT2D eigenvalue weighted by atomic mass is 19.1. The molecule has 3 aromatic carbocycles. The van der Waals surface area contributed by atoms with E-state index in [2.05, 4.69) is 0 Å². The minimum Gasteiger partial charge on any atom is -0.497 e. The van der Waals surface area contributed by atoms with Gasteiger partial charge in [0.15, 0.2) is 6.10 Å². The highest BCUT2D eigenvalue weighted by molar-refractivity contribution is 6.23. The van der Waals surface area contributed by atoms with Gasteiger partial charge in [-0.05, 0) is 54.6 Å². The summed E-state index contributed by atoms with van der Waals surface area (Å²) in [6.45, 7) is 0. The number of halogens is 1. The second-order valence-corrected chi connectivity index (χ2v) is 7.75. The van der Waals surface area contributed by atoms with Gasteiger partial charge in [0, 0.05) is 5.56 Å². The number of methoxy groups -OCH3 is 2. The molecular weight excluding hydrogens is 427 g/mol. The Balaban J connectivity index is 1.63. The molecule has 3 aromatic rings. The molecule has 2 aliphatic rings. The lowest BCUT2D eigenvalue weighted by Gasteiger charge is -2.29. The van der Waals surface area contributed by atoms with Crippen LogP contribution in [0.3, 0.4) is 0 Å². The summed E-state index contributed by atoms with van der Waals surface area (Å²) in [5, 5.41) is 1.59. The third-order valence-electron chi connectivity index (χ3n) is 5.97. The van der Waals surface area contributed by atoms with Gasteiger partial charge in [0.1, 0.15) is 29.3 Å². The number of benzene rings is 3. The fourth-order valence-corrected chi connectivity index (χ4v) is 4.44. The Morgan fingerprint density at radius 2 is 1.58 bits per heavy atom. The smallest absolute Gasteiger partial charge is 0.266 e. The number of amides is 2. The molecule has 7 nitrogen and oxygen atoms in total. The Hall–Kier alpha value is -3.91. The largest absolute Gasteiger partial charge is 0.497 e. The summed E-state index contributed by atoms with van der Waals surface area (Å²) < 4.78 is 24.4. The average molecular weight is 448 g/mol. The Bertz CT molecular complexity index is 1200. The number of hydroxylamine groups is 1. The third kappa shape index (κ3) is 3.39. The van der Waals surface area contributed by atoms with Gasteiger partial charge in [-0.15, -0.1) is 0 Å². The van der Waals surface area contributed by atoms with Gasteiger partial charge in [-0.2, -0.15) is 0 Å². The molecule has 0 aliphatic carbocycles. The zero-order chi connectivity index (χ0) is 23.1. The van der Waals surface area contributed by atoms with Gasteiger partial charge in [-0.3, -0.25) is 14.4 Å². The van der Waals surface area contributed by atoms with Gasteiger partial charge in [0.25, 0.3) is 5.91 Å². The van der Waals surface area contributed by atoms with E-state index in [0.29, 0.717) is 28.4 Å². The molecule has 168 valence electrons. The van der Waals surface area contributed by atoms with Crippen molar-refractivity contribution < 1.29 is 28.3 Å². The van der Waals surface area contributed by atoms with Crippen molar-refractivity contribution in [2.75, 3.05) is 24.2 Å². The van der Waals surface area contributed by atoms with E-state index < -0.39 is 35.7 Å². The van der Waals surface area contributed by atoms with Crippen molar-refractivity contribution in [3.8, 4) is 11.5 Å². The number of fused-ring (bicyclic) bond motifs is 1. The standard InChI is InChI=1S/C25H21FN2O5/c1-31-18-12-13-20(32-2)19(14-18)22-21-23(33-28(22)17-6-4-3-5-7-17)25(30)27(24(21)29)16-10-8-15(26)9-11-16/h3-14,21-23H,1-2H3/t21-,22-,23-/m1/s1. The van der Waals surface area contributed by atoms with E-state index in [-0.39, 0.29) is 0 Å². The number of imide groups is 1. The molecule has 0 aromatic heterocycles. The lowest BCUT2D eigenvalue weighted by Crippen LogP contribution is -2.37. The lowest BCUT2D eigenvalue weighted by atomic mass is 9.89. The Morgan fingerprint density at radius 1 is 0.848 bits per heavy atom. The van der Waals surface area contributed by atoms with Crippen molar-refractivity contribution in [3.63, 3.8) is 0 Å². The summed E-state index contributed by atoms with van der Waals surface area (Å²) >= 11 is 0. The molecule has 2 aliphatic heterocycles. The minimum atomic E-state index is -1.04. The number of hydrogen-bond acceptors (Lipinski definition) is 6. The fourth-order valence-electron chi connectivity index (χ4n) is 4.44. The number of nitrogens with zero attached hydrogens (tertiary/aromatic N) is 2. The van der Waals surface area contributed by atoms with Crippen LogP contribution in [-0.2, 0) is 14.4 Å². The quantitative estimate of drug-likeness (QED) is 0.552. The first-order valence-electron chi connectivity index (χ1n) is 10.4. The summed E-state index contributed by atoms with van der Waals surface area (Å²) in [4.78, 5) is 34.1. The molecule has 0 bridgehead atoms. The zero-order valence-corrected chi connectivity index (χ0v) is 18.0. The van der Waals surface area contributed by atoms with E-state index in [1.54, 1.807) is 30.4 Å². The van der Waals surface area contributed by atoms with Gasteiger partial charge >= 0.3 is 0 Å². The number of carbonyl (C=O) groups excluding carboxylic acids is 2. The monoisotopic (exact) mass is 448 g/mol. The number of hydrogen-bond donors (Lipinski definition) is 0. The van der Waals surface area contributed by atoms with Crippen LogP contribution in [0, 0.1) is 11.7 Å². The van der Waals surface area contributed by atoms with Crippen LogP contribution >= 0.6 is 0 Å². The van der Waals surface area contributed by atoms with Crippen LogP contribution in [0.25, 0.3) is 0 Å². The van der Waals surface area contributed by atoms with Crippen molar-refractivity contribution in [3.05, 3.63) is 84.2 Å². The molecule has 5 rings (SSSR count). The second kappa shape index (κ2) is 8.22. The fraction of sp³-hybridized carbons (Fsp3) is 0.200. The number of anilines is 2. The maximum absolute atomic E-state index is 13.6. The first-order valence-corrected chi connectivity index (χ1v) is 10.4. The Morgan fingerprint density at radius 3 is 2.24 bits per heavy atom. The van der Waals surface area contributed by atoms with Crippen LogP contribution in [0.4, 0.5) is 15.8 Å². The van der Waals surface area contributed by atoms with Gasteiger partial charge in [0.05, 0.1) is 25.6 Å². The zero-order valence-electron chi connectivity index (χ0n) is 18.0. The third-order valence-corrected chi connectivity index (χ3v) is 5.97. The topological polar surface area (TPSA) is 68.3 Å². The SMILES string of the molecule is COc1ccc(OC)c([C@@H]2[C@H]3C(=O)N(c4ccc(F)cc4)C(=O)[C@@H]3ON2c2ccccc2)c1. The molecule has 0 unspecified atom stereocenters. The molecule has 0 spiro atoms. The van der Waals surface area contributed by atoms with Crippen molar-refractivity contribution in [1.29, 1.82) is 0 Å². The molecule has 2 fully saturated rings. The van der Waals surface area contributed by atoms with Crippen molar-refractivity contribution in [1.82, 2.24) is 0 Å². The summed E-state index contributed by atoms with van der Waals surface area (Å²) in [5.41, 5.74) is 1.64. The Kier molecular flexibility index (Phi) is 5.22. The molecule has 33 heavy (non-hydrogen) atoms. The number of carbonyl (C=O) groups is 2. The van der Waals surface area contributed by atoms with Crippen LogP contribution in [0.15, 0.2) is 72.8 Å². The molecular formula is C25H21FN2O5. The summed E-state index contributed by atoms with van der Waals surface area (Å²) in [6.07, 6.45) is -1.04. The molecule has 2 amide bonds. The predicted molar refractivity (Wildman–Crippen MR) is 118 cm³/mol. The first kappa shape index (κ1) is 21.0. The van der Waals surface area contributed by atoms with Gasteiger partial charge in [0.2, 0.25) is 5.91 Å². The van der Waals surface area contributed by atoms with E-state index in [9.17, 15) is 14.0 Å². The van der Waals surface area contributed by atoms with Crippen LogP contribution in [-0.4, -0.2) is 32.1 Å². The van der Waals surface area contributed by atoms with E-state index in [1.165, 1.54) is 31.4 Å². The summed E-state index contributed by atoms with van der Waals surface area (Å²) in [6, 6.07) is 19.1. The van der Waals surface area contributed by atoms with Crippen molar-refractivity contribution in [2.24, 2.45) is 5.92 Å². The highest BCUT2D eigenvalue weighted by Gasteiger charge is 2.60. The van der Waals surface area contributed by atoms with Crippen LogP contribution in [0.2, 0.25) is 0 Å². The maximum Gasteiger partial charge on any atom is 0.266 e. The highest BCUT2D eigenvalue weighted by Crippen LogP contribution is 2.50. The molecule has 2 saturated heterocycles. The first-order chi connectivity index (χ1) is 16.0. The van der Waals surface area contributed by atoms with Crippen LogP contribution < -0.4 is 19.4 Å². The number of rotatable bonds is 5. The maximum atomic E-state index is 13.6. The van der Waals surface area contributed by atoms with Gasteiger partial charge in [-0.25, -0.2) is 14.4 Å². The van der Waals surface area contributed by atoms with Gasteiger partial charge < -0.3 is 9.47 Å². The van der Waals surface area contributed by atoms with E-state index in [1.807, 2.05) is 30.3 Å². The van der Waals surface area contributed by atoms with Crippen molar-refractivity contribution >= 4 is 23.2 Å². The van der Waals surface area contributed by atoms with Crippen LogP contribution in [0.1, 0.15) is 11.6 Å². The summed E-state index contributed by atoms with van der Waals surface area (Å²) in [5.74, 6) is -1.11. The predicted octanol–water partition coefficient (Wildman–Crippen LogP) is 3.89. The van der Waals surface area contributed by atoms with E-state index >= 15 is 0 Å². The lowest BCUT2D eigenvalue weighted by molar-refractivity contribution is -0.126. The summed E-state index contributed by atoms with van der Waals surface area (Å²) in [7, 11) is 3.09. The van der Waals surface area contributed by atoms with Gasteiger partial charge in [-0.1, -0.05) is 18.2 Å². The average Bonchev–Trinajstić information content (AvgIpc) is 3.36. The molecule has 0 N–H and O–H groups in total. The molecule has 8 heteroatoms. The minimum absolute atomic E-state index is 0.298. The molecule has 3 atom stereocenters. The molecule has 2 heterocycles. The van der Waals surface area contributed by atoms with E-state index in [4.69, 9.17) is 14.3 Å². The normalized spacial score (nSPS) is 22.0. The number of ether oxygens (including phenoxy) is 2. The molecule has 0 radical (unpaired) electrons. The Labute approximate surface area is 189 Å².